The Morgan fingerprint density at radius 2 is 0.513 bits per heavy atom. The summed E-state index contributed by atoms with van der Waals surface area (Å²) in [5.41, 5.74) is 0. The number of piperazine rings is 1. The Bertz CT molecular complexity index is 1300. The Morgan fingerprint density at radius 3 is 0.737 bits per heavy atom. The molecule has 1 aliphatic heterocycles. The van der Waals surface area contributed by atoms with Crippen LogP contribution in [0.2, 0.25) is 0 Å². The Morgan fingerprint density at radius 1 is 0.316 bits per heavy atom. The largest absolute Gasteiger partial charge is 0.466 e. The van der Waals surface area contributed by atoms with Crippen molar-refractivity contribution in [3.8, 4) is 0 Å². The smallest absolute Gasteiger partial charge is 0.307 e. The van der Waals surface area contributed by atoms with Crippen molar-refractivity contribution in [2.24, 2.45) is 0 Å². The third-order valence-corrected chi connectivity index (χ3v) is 14.4. The zero-order valence-corrected chi connectivity index (χ0v) is 49.4. The van der Waals surface area contributed by atoms with E-state index >= 15 is 0 Å². The summed E-state index contributed by atoms with van der Waals surface area (Å²) in [6.07, 6.45) is 27.7. The van der Waals surface area contributed by atoms with Crippen molar-refractivity contribution >= 4 is 35.8 Å². The average molecular weight is 1080 g/mol. The molecule has 0 N–H and O–H groups in total. The molecule has 0 aliphatic carbocycles. The molecule has 0 saturated carbocycles. The van der Waals surface area contributed by atoms with E-state index in [0.29, 0.717) is 78.8 Å². The van der Waals surface area contributed by atoms with Crippen molar-refractivity contribution in [2.75, 3.05) is 105 Å². The highest BCUT2D eigenvalue weighted by Crippen LogP contribution is 2.16. The van der Waals surface area contributed by atoms with Crippen molar-refractivity contribution in [3.63, 3.8) is 0 Å². The van der Waals surface area contributed by atoms with Crippen LogP contribution in [0.25, 0.3) is 0 Å². The summed E-state index contributed by atoms with van der Waals surface area (Å²) in [6, 6.07) is 0.373. The minimum Gasteiger partial charge on any atom is -0.466 e. The summed E-state index contributed by atoms with van der Waals surface area (Å²) in [5, 5.41) is 0. The minimum absolute atomic E-state index is 0.137. The summed E-state index contributed by atoms with van der Waals surface area (Å²) in [7, 11) is 0. The summed E-state index contributed by atoms with van der Waals surface area (Å²) in [6.45, 7) is 20.1. The van der Waals surface area contributed by atoms with Gasteiger partial charge in [0.15, 0.2) is 0 Å². The zero-order chi connectivity index (χ0) is 55.7. The maximum absolute atomic E-state index is 13.0. The first-order valence-electron chi connectivity index (χ1n) is 30.8. The number of rotatable bonds is 52. The fraction of sp³-hybridized carbons (Fsp3) is 0.900. The average Bonchev–Trinajstić information content (AvgIpc) is 3.40. The Balaban J connectivity index is 2.56. The molecule has 16 heteroatoms. The monoisotopic (exact) mass is 1080 g/mol. The lowest BCUT2D eigenvalue weighted by molar-refractivity contribution is -0.147. The molecule has 0 bridgehead atoms. The molecule has 1 saturated heterocycles. The molecule has 0 amide bonds. The van der Waals surface area contributed by atoms with Gasteiger partial charge in [0.2, 0.25) is 0 Å². The molecule has 1 rings (SSSR count). The second-order valence-corrected chi connectivity index (χ2v) is 21.3. The maximum Gasteiger partial charge on any atom is 0.307 e. The van der Waals surface area contributed by atoms with Gasteiger partial charge in [-0.1, -0.05) is 156 Å². The lowest BCUT2D eigenvalue weighted by atomic mass is 10.1. The van der Waals surface area contributed by atoms with Crippen LogP contribution < -0.4 is 0 Å². The lowest BCUT2D eigenvalue weighted by Crippen LogP contribution is -2.57. The number of carbonyl (C=O) groups excluding carboxylic acids is 6. The lowest BCUT2D eigenvalue weighted by Gasteiger charge is -2.44. The molecular formula is C60H112N4O12. The van der Waals surface area contributed by atoms with Crippen LogP contribution in [-0.2, 0) is 57.2 Å². The number of hydrogen-bond donors (Lipinski definition) is 0. The second kappa shape index (κ2) is 49.9. The van der Waals surface area contributed by atoms with Gasteiger partial charge in [0, 0.05) is 77.5 Å². The van der Waals surface area contributed by atoms with E-state index in [1.165, 1.54) is 77.0 Å². The molecular weight excluding hydrogens is 969 g/mol. The predicted molar refractivity (Wildman–Crippen MR) is 302 cm³/mol. The summed E-state index contributed by atoms with van der Waals surface area (Å²) in [5.74, 6) is -1.74. The second-order valence-electron chi connectivity index (χ2n) is 21.3. The first kappa shape index (κ1) is 70.7. The Kier molecular flexibility index (Phi) is 46.4. The Labute approximate surface area is 462 Å². The number of carbonyl (C=O) groups is 6. The van der Waals surface area contributed by atoms with Crippen molar-refractivity contribution in [1.29, 1.82) is 0 Å². The quantitative estimate of drug-likeness (QED) is 0.0320. The molecule has 2 atom stereocenters. The van der Waals surface area contributed by atoms with Crippen molar-refractivity contribution in [3.05, 3.63) is 0 Å². The van der Waals surface area contributed by atoms with E-state index < -0.39 is 0 Å². The van der Waals surface area contributed by atoms with E-state index in [2.05, 4.69) is 51.3 Å². The van der Waals surface area contributed by atoms with E-state index in [-0.39, 0.29) is 99.6 Å². The highest BCUT2D eigenvalue weighted by molar-refractivity contribution is 5.72. The van der Waals surface area contributed by atoms with Crippen LogP contribution in [-0.4, -0.2) is 173 Å². The van der Waals surface area contributed by atoms with Gasteiger partial charge >= 0.3 is 35.8 Å². The van der Waals surface area contributed by atoms with Crippen molar-refractivity contribution in [1.82, 2.24) is 19.6 Å². The van der Waals surface area contributed by atoms with E-state index in [4.69, 9.17) is 28.4 Å². The van der Waals surface area contributed by atoms with Gasteiger partial charge in [-0.2, -0.15) is 0 Å². The topological polar surface area (TPSA) is 171 Å². The number of nitrogens with zero attached hydrogens (tertiary/aromatic N) is 4. The van der Waals surface area contributed by atoms with Crippen molar-refractivity contribution in [2.45, 2.75) is 246 Å². The van der Waals surface area contributed by atoms with E-state index in [1.54, 1.807) is 0 Å². The van der Waals surface area contributed by atoms with Gasteiger partial charge in [-0.15, -0.1) is 0 Å². The van der Waals surface area contributed by atoms with Crippen LogP contribution in [0.3, 0.4) is 0 Å². The van der Waals surface area contributed by atoms with Gasteiger partial charge in [-0.05, 0) is 39.5 Å². The molecule has 1 heterocycles. The Hall–Kier alpha value is -3.34. The molecule has 1 fully saturated rings. The number of hydrogen-bond acceptors (Lipinski definition) is 16. The van der Waals surface area contributed by atoms with Crippen molar-refractivity contribution < 1.29 is 57.2 Å². The molecule has 0 radical (unpaired) electrons. The number of ether oxygens (including phenoxy) is 6. The van der Waals surface area contributed by atoms with E-state index in [1.807, 2.05) is 9.80 Å². The highest BCUT2D eigenvalue weighted by atomic mass is 16.6. The van der Waals surface area contributed by atoms with Crippen LogP contribution >= 0.6 is 0 Å². The molecule has 16 nitrogen and oxygen atoms in total. The van der Waals surface area contributed by atoms with Gasteiger partial charge in [0.05, 0.1) is 65.0 Å². The van der Waals surface area contributed by atoms with Gasteiger partial charge in [0.1, 0.15) is 13.2 Å². The fourth-order valence-electron chi connectivity index (χ4n) is 9.32. The molecule has 0 aromatic carbocycles. The van der Waals surface area contributed by atoms with Crippen LogP contribution in [0.15, 0.2) is 0 Å². The molecule has 1 aliphatic rings. The van der Waals surface area contributed by atoms with Gasteiger partial charge in [-0.3, -0.25) is 38.6 Å². The highest BCUT2D eigenvalue weighted by Gasteiger charge is 2.29. The predicted octanol–water partition coefficient (Wildman–Crippen LogP) is 11.0. The van der Waals surface area contributed by atoms with E-state index in [0.717, 1.165) is 90.1 Å². The summed E-state index contributed by atoms with van der Waals surface area (Å²) < 4.78 is 33.4. The van der Waals surface area contributed by atoms with Gasteiger partial charge in [-0.25, -0.2) is 0 Å². The molecule has 2 unspecified atom stereocenters. The minimum atomic E-state index is -0.326. The summed E-state index contributed by atoms with van der Waals surface area (Å²) in [4.78, 5) is 84.9. The van der Waals surface area contributed by atoms with Crippen LogP contribution in [0, 0.1) is 0 Å². The summed E-state index contributed by atoms with van der Waals surface area (Å²) >= 11 is 0. The molecule has 0 spiro atoms. The normalized spacial score (nSPS) is 15.0. The number of unbranched alkanes of at least 4 members (excludes halogenated alkanes) is 20. The molecule has 444 valence electrons. The van der Waals surface area contributed by atoms with Crippen LogP contribution in [0.5, 0.6) is 0 Å². The first-order valence-corrected chi connectivity index (χ1v) is 30.8. The van der Waals surface area contributed by atoms with Gasteiger partial charge in [0.25, 0.3) is 0 Å². The van der Waals surface area contributed by atoms with Gasteiger partial charge < -0.3 is 38.2 Å². The third kappa shape index (κ3) is 41.7. The fourth-order valence-corrected chi connectivity index (χ4v) is 9.32. The van der Waals surface area contributed by atoms with E-state index in [9.17, 15) is 28.8 Å². The molecule has 76 heavy (non-hydrogen) atoms. The first-order chi connectivity index (χ1) is 36.9. The molecule has 0 aromatic heterocycles. The van der Waals surface area contributed by atoms with Crippen LogP contribution in [0.4, 0.5) is 0 Å². The maximum atomic E-state index is 13.0. The number of esters is 6. The third-order valence-electron chi connectivity index (χ3n) is 14.4. The zero-order valence-electron chi connectivity index (χ0n) is 49.4. The van der Waals surface area contributed by atoms with Crippen LogP contribution in [0.1, 0.15) is 234 Å². The SMILES string of the molecule is CCCCCCCCOC(=O)CCN(CCC(=O)OCCCCCCCC)CCC(=O)OCCN1CC(C)N(CCOC(=O)CCN(CCC(=O)OCCCCCCCC)CCC(=O)OCCCCCCCC)CC1C. The molecule has 0 aromatic rings. The standard InChI is InChI=1S/C60H112N4O12/c1-7-11-15-19-23-27-45-71-55(65)31-37-61(38-32-56(66)72-46-28-24-20-16-12-8-2)41-35-59(69)75-49-43-63-51-54(6)64(52-53(63)5)44-50-76-60(70)36-42-62(39-33-57(67)73-47-29-25-21-17-13-9-3)40-34-58(68)74-48-30-26-22-18-14-10-4/h53-54H,7-52H2,1-6H3.